The van der Waals surface area contributed by atoms with E-state index in [1.165, 1.54) is 12.4 Å². The molecular formula is C46H63F2IN16O6. The maximum absolute atomic E-state index is 15.6. The number of aliphatic imine (C=N–C) groups is 4. The molecule has 3 aliphatic rings. The van der Waals surface area contributed by atoms with Crippen molar-refractivity contribution in [1.82, 2.24) is 27.9 Å². The average Bonchev–Trinajstić information content (AvgIpc) is 3.65. The fourth-order valence-corrected chi connectivity index (χ4v) is 15.4. The van der Waals surface area contributed by atoms with E-state index in [0.29, 0.717) is 68.1 Å². The second-order valence-electron chi connectivity index (χ2n) is 18.0. The van der Waals surface area contributed by atoms with E-state index in [1.54, 1.807) is 14.4 Å². The molecule has 4 aromatic heterocycles. The second-order valence-corrected chi connectivity index (χ2v) is 23.8. The number of carboxylic acids is 2. The number of pyridine rings is 4. The molecule has 0 bridgehead atoms. The van der Waals surface area contributed by atoms with Crippen LogP contribution in [0, 0.1) is 11.6 Å². The van der Waals surface area contributed by atoms with Crippen LogP contribution in [0.1, 0.15) is 112 Å². The quantitative estimate of drug-likeness (QED) is 0.0219. The fourth-order valence-electron chi connectivity index (χ4n) is 8.95. The van der Waals surface area contributed by atoms with Crippen molar-refractivity contribution < 1.29 is 28.6 Å². The molecule has 3 saturated heterocycles. The number of nitrogens with one attached hydrogen (secondary N) is 2. The van der Waals surface area contributed by atoms with Gasteiger partial charge in [0.25, 0.3) is 0 Å². The van der Waals surface area contributed by atoms with Crippen LogP contribution in [-0.4, -0.2) is 123 Å². The van der Waals surface area contributed by atoms with Gasteiger partial charge in [0.05, 0.1) is 11.4 Å². The maximum atomic E-state index is 15.6. The summed E-state index contributed by atoms with van der Waals surface area (Å²) in [5, 5.41) is 24.8. The van der Waals surface area contributed by atoms with Crippen LogP contribution in [0.3, 0.4) is 0 Å². The Hall–Kier alpha value is -6.67. The average molecular weight is 1100 g/mol. The van der Waals surface area contributed by atoms with Crippen LogP contribution in [0.4, 0.5) is 20.4 Å². The van der Waals surface area contributed by atoms with E-state index in [4.69, 9.17) is 22.9 Å². The molecule has 7 heterocycles. The Kier molecular flexibility index (Phi) is 16.9. The van der Waals surface area contributed by atoms with Crippen LogP contribution in [0.5, 0.6) is 0 Å². The molecule has 22 nitrogen and oxygen atoms in total. The summed E-state index contributed by atoms with van der Waals surface area (Å²) in [6.07, 6.45) is 10.6. The van der Waals surface area contributed by atoms with Crippen LogP contribution in [-0.2, 0) is 0 Å². The first-order valence-electron chi connectivity index (χ1n) is 23.9. The first kappa shape index (κ1) is 52.2. The molecule has 4 atom stereocenters. The number of nitrogens with zero attached hydrogens (tertiary/aromatic N) is 10. The number of rotatable bonds is 19. The molecule has 12 N–H and O–H groups in total. The summed E-state index contributed by atoms with van der Waals surface area (Å²) < 4.78 is 36.0. The maximum Gasteiger partial charge on any atom is 0.146 e. The molecule has 71 heavy (non-hydrogen) atoms. The second kappa shape index (κ2) is 23.0. The number of anilines is 2. The third-order valence-electron chi connectivity index (χ3n) is 12.6. The van der Waals surface area contributed by atoms with Gasteiger partial charge in [-0.15, -0.1) is 0 Å². The Morgan fingerprint density at radius 3 is 1.75 bits per heavy atom. The normalized spacial score (nSPS) is 19.8. The van der Waals surface area contributed by atoms with Crippen LogP contribution in [0.2, 0.25) is 0 Å². The Balaban J connectivity index is 0.829. The first-order chi connectivity index (χ1) is 34.0. The van der Waals surface area contributed by atoms with Gasteiger partial charge in [0.1, 0.15) is 11.2 Å². The standard InChI is InChI=1S/C46H63F2IN16O6/c1-4-10-25(3)64-23-31(41(68)69)35(66)29-18-33(47)39(58-37(29)64)62-16-12-27(21-62)56-45(52)60-43(50)54-14-8-6-7-9-15-55-44(51)61-46(53)57-28-13-17-63(22-28)40-34(48)19-30-36(67)32(42(70)71)24-65(38(30)59-40)49-20-26(49)11-5-2/h18-19,23-28H,4-17,20-22H2,1-3H3,(H,68,69)(H,70,71)(H5,50,52,54,56,60)(H5,51,53,55,57,61). The third kappa shape index (κ3) is 12.4. The number of nitrogens with two attached hydrogens (primary N) is 4. The van der Waals surface area contributed by atoms with Crippen molar-refractivity contribution in [1.29, 1.82) is 0 Å². The van der Waals surface area contributed by atoms with Gasteiger partial charge in [0.15, 0.2) is 23.6 Å². The minimum absolute atomic E-state index is 0.0233. The molecule has 0 aliphatic carbocycles. The van der Waals surface area contributed by atoms with E-state index >= 15 is 8.78 Å². The zero-order chi connectivity index (χ0) is 51.1. The fraction of sp³-hybridized carbons (Fsp3) is 0.522. The monoisotopic (exact) mass is 1100 g/mol. The van der Waals surface area contributed by atoms with Gasteiger partial charge >= 0.3 is 202 Å². The molecule has 0 aromatic carbocycles. The first-order valence-corrected chi connectivity index (χ1v) is 27.6. The minimum atomic E-state index is -1.82. The summed E-state index contributed by atoms with van der Waals surface area (Å²) in [5.41, 5.74) is 22.7. The summed E-state index contributed by atoms with van der Waals surface area (Å²) in [7, 11) is 0. The predicted octanol–water partition coefficient (Wildman–Crippen LogP) is 3.45. The largest absolute Gasteiger partial charge is 0.210 e. The van der Waals surface area contributed by atoms with Crippen molar-refractivity contribution in [2.24, 2.45) is 42.9 Å². The number of carbonyl (C=O) groups is 2. The van der Waals surface area contributed by atoms with E-state index in [0.717, 1.165) is 61.5 Å². The van der Waals surface area contributed by atoms with E-state index in [2.05, 4.69) is 47.5 Å². The van der Waals surface area contributed by atoms with Crippen molar-refractivity contribution in [3.05, 3.63) is 67.7 Å². The Morgan fingerprint density at radius 1 is 0.761 bits per heavy atom. The molecule has 4 unspecified atom stereocenters. The number of carboxylic acid groups (broad SMARTS) is 2. The van der Waals surface area contributed by atoms with Gasteiger partial charge < -0.3 is 26.0 Å². The molecule has 384 valence electrons. The molecule has 0 radical (unpaired) electrons. The van der Waals surface area contributed by atoms with Crippen LogP contribution in [0.25, 0.3) is 22.1 Å². The number of halogens is 3. The number of fused-ring (bicyclic) bond motifs is 2. The van der Waals surface area contributed by atoms with Gasteiger partial charge in [-0.05, 0) is 38.7 Å². The van der Waals surface area contributed by atoms with E-state index < -0.39 is 60.1 Å². The van der Waals surface area contributed by atoms with Gasteiger partial charge in [-0.2, -0.15) is 0 Å². The molecule has 0 spiro atoms. The van der Waals surface area contributed by atoms with E-state index in [-0.39, 0.29) is 75.6 Å². The van der Waals surface area contributed by atoms with Gasteiger partial charge in [0, 0.05) is 38.4 Å². The van der Waals surface area contributed by atoms with E-state index in [1.807, 2.05) is 16.6 Å². The van der Waals surface area contributed by atoms with E-state index in [9.17, 15) is 29.4 Å². The molecular weight excluding hydrogens is 1040 g/mol. The van der Waals surface area contributed by atoms with Gasteiger partial charge in [-0.25, -0.2) is 19.2 Å². The smallest absolute Gasteiger partial charge is 0.146 e. The number of unbranched alkanes of at least 4 members (excludes halogenated alkanes) is 3. The van der Waals surface area contributed by atoms with Crippen molar-refractivity contribution in [2.75, 3.05) is 53.5 Å². The molecule has 7 rings (SSSR count). The topological polar surface area (TPSA) is 328 Å². The SMILES string of the molecule is CCCC(C)n1cc(C(=O)O)c(=O)c2cc(F)c(N3CCC(N=C(N)NC(N)=NCCCCCCN=C(N)NC(N)=NC4CCN(c5nc6c(cc5F)c(=O)c(C(=O)O)cn6I5CC5CCC)C4)C3)nc21. The van der Waals surface area contributed by atoms with Gasteiger partial charge in [-0.3, -0.25) is 15.1 Å². The predicted molar refractivity (Wildman–Crippen MR) is 281 cm³/mol. The molecule has 4 aromatic rings. The van der Waals surface area contributed by atoms with Gasteiger partial charge in [-0.1, -0.05) is 26.2 Å². The number of guanidine groups is 4. The van der Waals surface area contributed by atoms with Crippen LogP contribution >= 0.6 is 20.1 Å². The van der Waals surface area contributed by atoms with Crippen LogP contribution < -0.4 is 54.2 Å². The van der Waals surface area contributed by atoms with Crippen molar-refractivity contribution >= 4 is 89.6 Å². The summed E-state index contributed by atoms with van der Waals surface area (Å²) in [5.74, 6) is -3.68. The number of aromatic carboxylic acids is 2. The van der Waals surface area contributed by atoms with Crippen molar-refractivity contribution in [3.63, 3.8) is 0 Å². The van der Waals surface area contributed by atoms with Crippen LogP contribution in [0.15, 0.2) is 54.1 Å². The Labute approximate surface area is 415 Å². The molecule has 0 saturated carbocycles. The number of aromatic nitrogens is 4. The zero-order valence-electron chi connectivity index (χ0n) is 40.1. The number of hydrogen-bond acceptors (Lipinski definition) is 12. The molecule has 3 aliphatic heterocycles. The zero-order valence-corrected chi connectivity index (χ0v) is 42.2. The van der Waals surface area contributed by atoms with Gasteiger partial charge in [0.2, 0.25) is 5.43 Å². The molecule has 25 heteroatoms. The Bertz CT molecular complexity index is 2910. The molecule has 3 fully saturated rings. The third-order valence-corrected chi connectivity index (χ3v) is 18.6. The van der Waals surface area contributed by atoms with Crippen molar-refractivity contribution in [3.8, 4) is 0 Å². The van der Waals surface area contributed by atoms with Crippen molar-refractivity contribution in [2.45, 2.75) is 107 Å². The number of alkyl halides is 2. The number of hydrogen-bond donors (Lipinski definition) is 8. The Morgan fingerprint density at radius 2 is 1.25 bits per heavy atom. The summed E-state index contributed by atoms with van der Waals surface area (Å²) >= 11 is -1.82. The molecule has 0 amide bonds. The summed E-state index contributed by atoms with van der Waals surface area (Å²) in [6, 6.07) is 1.40. The summed E-state index contributed by atoms with van der Waals surface area (Å²) in [6.45, 7) is 8.38. The minimum Gasteiger partial charge on any atom is -0.210 e. The summed E-state index contributed by atoms with van der Waals surface area (Å²) in [4.78, 5) is 80.1.